The molecule has 1 aromatic heterocycles. The van der Waals surface area contributed by atoms with Crippen molar-refractivity contribution < 1.29 is 9.59 Å². The highest BCUT2D eigenvalue weighted by Crippen LogP contribution is 2.20. The summed E-state index contributed by atoms with van der Waals surface area (Å²) in [6, 6.07) is 20.8. The van der Waals surface area contributed by atoms with Crippen molar-refractivity contribution in [2.24, 2.45) is 5.10 Å². The molecule has 2 amide bonds. The van der Waals surface area contributed by atoms with E-state index in [2.05, 4.69) is 26.0 Å². The van der Waals surface area contributed by atoms with Crippen LogP contribution in [0.3, 0.4) is 0 Å². The van der Waals surface area contributed by atoms with E-state index in [0.717, 1.165) is 5.56 Å². The minimum atomic E-state index is -1.22. The lowest BCUT2D eigenvalue weighted by Gasteiger charge is -2.18. The van der Waals surface area contributed by atoms with E-state index in [1.54, 1.807) is 78.9 Å². The van der Waals surface area contributed by atoms with Gasteiger partial charge >= 0.3 is 0 Å². The van der Waals surface area contributed by atoms with Crippen molar-refractivity contribution in [3.63, 3.8) is 0 Å². The molecule has 4 aromatic rings. The van der Waals surface area contributed by atoms with Crippen molar-refractivity contribution >= 4 is 40.4 Å². The van der Waals surface area contributed by atoms with Crippen LogP contribution in [0.4, 0.5) is 0 Å². The van der Waals surface area contributed by atoms with Crippen LogP contribution >= 0.6 is 11.6 Å². The summed E-state index contributed by atoms with van der Waals surface area (Å²) in [5, 5.41) is 14.5. The van der Waals surface area contributed by atoms with Gasteiger partial charge in [0.15, 0.2) is 6.04 Å². The van der Waals surface area contributed by atoms with Crippen LogP contribution in [0.15, 0.2) is 88.8 Å². The Kier molecular flexibility index (Phi) is 6.56. The molecule has 0 bridgehead atoms. The van der Waals surface area contributed by atoms with Gasteiger partial charge in [-0.1, -0.05) is 60.1 Å². The molecule has 0 saturated carbocycles. The molecule has 0 spiro atoms. The average molecular weight is 460 g/mol. The fraction of sp³-hybridized carbons (Fsp3) is 0.0417. The molecule has 3 N–H and O–H groups in total. The lowest BCUT2D eigenvalue weighted by molar-refractivity contribution is -0.123. The van der Waals surface area contributed by atoms with Gasteiger partial charge in [-0.25, -0.2) is 10.5 Å². The quantitative estimate of drug-likeness (QED) is 0.303. The van der Waals surface area contributed by atoms with Crippen LogP contribution in [-0.4, -0.2) is 28.2 Å². The van der Waals surface area contributed by atoms with E-state index in [9.17, 15) is 14.4 Å². The van der Waals surface area contributed by atoms with Crippen molar-refractivity contribution in [1.82, 2.24) is 20.9 Å². The molecule has 0 aliphatic carbocycles. The lowest BCUT2D eigenvalue weighted by Crippen LogP contribution is -2.40. The van der Waals surface area contributed by atoms with Crippen LogP contribution in [0.1, 0.15) is 27.7 Å². The van der Waals surface area contributed by atoms with E-state index < -0.39 is 23.4 Å². The number of hydrogen-bond donors (Lipinski definition) is 3. The normalized spacial score (nSPS) is 11.9. The first-order chi connectivity index (χ1) is 16.0. The zero-order chi connectivity index (χ0) is 23.2. The van der Waals surface area contributed by atoms with Crippen LogP contribution < -0.4 is 16.3 Å². The summed E-state index contributed by atoms with van der Waals surface area (Å²) in [6.07, 6.45) is 1.45. The predicted octanol–water partition coefficient (Wildman–Crippen LogP) is 3.20. The van der Waals surface area contributed by atoms with Gasteiger partial charge in [0.05, 0.1) is 11.6 Å². The van der Waals surface area contributed by atoms with Gasteiger partial charge in [-0.2, -0.15) is 10.2 Å². The van der Waals surface area contributed by atoms with E-state index in [-0.39, 0.29) is 5.69 Å². The van der Waals surface area contributed by atoms with Crippen molar-refractivity contribution in [2.45, 2.75) is 6.04 Å². The number of hydrazone groups is 1. The van der Waals surface area contributed by atoms with Crippen LogP contribution in [0.5, 0.6) is 0 Å². The number of nitrogens with one attached hydrogen (secondary N) is 3. The molecule has 8 nitrogen and oxygen atoms in total. The summed E-state index contributed by atoms with van der Waals surface area (Å²) in [7, 11) is 0. The molecule has 1 atom stereocenters. The number of benzene rings is 3. The fourth-order valence-electron chi connectivity index (χ4n) is 3.20. The molecule has 0 aliphatic rings. The summed E-state index contributed by atoms with van der Waals surface area (Å²) in [6.45, 7) is 0. The third-order valence-corrected chi connectivity index (χ3v) is 5.08. The van der Waals surface area contributed by atoms with Crippen LogP contribution in [0.25, 0.3) is 10.8 Å². The first kappa shape index (κ1) is 21.9. The summed E-state index contributed by atoms with van der Waals surface area (Å²) >= 11 is 5.88. The fourth-order valence-corrected chi connectivity index (χ4v) is 3.33. The first-order valence-electron chi connectivity index (χ1n) is 9.94. The summed E-state index contributed by atoms with van der Waals surface area (Å²) in [5.41, 5.74) is 3.31. The number of aromatic amines is 1. The Hall–Kier alpha value is -4.30. The molecule has 0 unspecified atom stereocenters. The van der Waals surface area contributed by atoms with Gasteiger partial charge in [-0.3, -0.25) is 14.4 Å². The molecule has 164 valence electrons. The maximum Gasteiger partial charge on any atom is 0.272 e. The Bertz CT molecular complexity index is 1380. The van der Waals surface area contributed by atoms with Crippen molar-refractivity contribution in [1.29, 1.82) is 0 Å². The predicted molar refractivity (Wildman–Crippen MR) is 126 cm³/mol. The van der Waals surface area contributed by atoms with Gasteiger partial charge in [0.1, 0.15) is 5.69 Å². The first-order valence-corrected chi connectivity index (χ1v) is 10.3. The number of carbonyl (C=O) groups is 2. The number of H-pyrrole nitrogens is 1. The maximum absolute atomic E-state index is 13.1. The number of hydrogen-bond acceptors (Lipinski definition) is 5. The minimum Gasteiger partial charge on any atom is -0.335 e. The summed E-state index contributed by atoms with van der Waals surface area (Å²) < 4.78 is 0. The molecule has 1 heterocycles. The third-order valence-electron chi connectivity index (χ3n) is 4.83. The molecule has 4 rings (SSSR count). The monoisotopic (exact) mass is 459 g/mol. The molecule has 9 heteroatoms. The molecule has 0 saturated heterocycles. The van der Waals surface area contributed by atoms with Gasteiger partial charge in [-0.15, -0.1) is 0 Å². The third kappa shape index (κ3) is 5.13. The second-order valence-corrected chi connectivity index (χ2v) is 7.48. The molecule has 0 radical (unpaired) electrons. The Labute approximate surface area is 193 Å². The van der Waals surface area contributed by atoms with Gasteiger partial charge in [0.2, 0.25) is 0 Å². The van der Waals surface area contributed by atoms with Gasteiger partial charge in [0.25, 0.3) is 17.4 Å². The summed E-state index contributed by atoms with van der Waals surface area (Å²) in [5.74, 6) is -1.11. The average Bonchev–Trinajstić information content (AvgIpc) is 2.85. The largest absolute Gasteiger partial charge is 0.335 e. The topological polar surface area (TPSA) is 116 Å². The van der Waals surface area contributed by atoms with Crippen molar-refractivity contribution in [3.05, 3.63) is 111 Å². The van der Waals surface area contributed by atoms with E-state index in [0.29, 0.717) is 21.4 Å². The number of fused-ring (bicyclic) bond motifs is 1. The number of nitrogens with zero attached hydrogens (tertiary/aromatic N) is 2. The molecule has 3 aromatic carbocycles. The van der Waals surface area contributed by atoms with Crippen LogP contribution in [-0.2, 0) is 4.79 Å². The molecular weight excluding hydrogens is 442 g/mol. The molecule has 0 aliphatic heterocycles. The number of rotatable bonds is 6. The summed E-state index contributed by atoms with van der Waals surface area (Å²) in [4.78, 5) is 38.1. The second-order valence-electron chi connectivity index (χ2n) is 7.04. The minimum absolute atomic E-state index is 0.189. The highest BCUT2D eigenvalue weighted by atomic mass is 35.5. The zero-order valence-corrected chi connectivity index (χ0v) is 17.9. The number of amides is 2. The number of aromatic nitrogens is 2. The molecular formula is C24H18ClN5O3. The lowest BCUT2D eigenvalue weighted by atomic mass is 10.0. The Balaban J connectivity index is 1.66. The standard InChI is InChI=1S/C24H18ClN5O3/c25-17-12-10-15(11-13-17)14-26-29-24(33)21(27-22(31)16-6-2-1-3-7-16)20-18-8-4-5-9-19(18)23(32)30-28-20/h1-14,21H,(H,27,31)(H,29,33)(H,30,32)/t21-/m1/s1. The smallest absolute Gasteiger partial charge is 0.272 e. The van der Waals surface area contributed by atoms with E-state index >= 15 is 0 Å². The van der Waals surface area contributed by atoms with E-state index in [1.807, 2.05) is 0 Å². The highest BCUT2D eigenvalue weighted by Gasteiger charge is 2.27. The Morgan fingerprint density at radius 3 is 2.33 bits per heavy atom. The molecule has 0 fully saturated rings. The van der Waals surface area contributed by atoms with E-state index in [4.69, 9.17) is 11.6 Å². The van der Waals surface area contributed by atoms with Crippen LogP contribution in [0, 0.1) is 0 Å². The van der Waals surface area contributed by atoms with Gasteiger partial charge < -0.3 is 5.32 Å². The van der Waals surface area contributed by atoms with Gasteiger partial charge in [0, 0.05) is 16.0 Å². The van der Waals surface area contributed by atoms with Gasteiger partial charge in [-0.05, 0) is 35.9 Å². The SMILES string of the molecule is O=C(N[C@@H](C(=O)NN=Cc1ccc(Cl)cc1)c1n[nH]c(=O)c2ccccc12)c1ccccc1. The van der Waals surface area contributed by atoms with E-state index in [1.165, 1.54) is 6.21 Å². The highest BCUT2D eigenvalue weighted by molar-refractivity contribution is 6.30. The molecule has 33 heavy (non-hydrogen) atoms. The maximum atomic E-state index is 13.1. The van der Waals surface area contributed by atoms with Crippen molar-refractivity contribution in [3.8, 4) is 0 Å². The number of carbonyl (C=O) groups excluding carboxylic acids is 2. The number of halogens is 1. The Morgan fingerprint density at radius 1 is 0.939 bits per heavy atom. The van der Waals surface area contributed by atoms with Crippen LogP contribution in [0.2, 0.25) is 5.02 Å². The Morgan fingerprint density at radius 2 is 1.61 bits per heavy atom. The second kappa shape index (κ2) is 9.88. The van der Waals surface area contributed by atoms with Crippen molar-refractivity contribution in [2.75, 3.05) is 0 Å². The zero-order valence-electron chi connectivity index (χ0n) is 17.2.